The minimum absolute atomic E-state index is 0.0687. The summed E-state index contributed by atoms with van der Waals surface area (Å²) in [6, 6.07) is 14.8. The molecule has 0 fully saturated rings. The lowest BCUT2D eigenvalue weighted by molar-refractivity contribution is -0.132. The van der Waals surface area contributed by atoms with E-state index in [1.54, 1.807) is 7.11 Å². The molecule has 0 saturated carbocycles. The van der Waals surface area contributed by atoms with Gasteiger partial charge in [-0.05, 0) is 29.8 Å². The second-order valence-corrected chi connectivity index (χ2v) is 7.56. The van der Waals surface area contributed by atoms with Crippen molar-refractivity contribution in [3.63, 3.8) is 0 Å². The number of rotatable bonds is 4. The number of pyridine rings is 1. The molecule has 2 heterocycles. The third kappa shape index (κ3) is 3.68. The van der Waals surface area contributed by atoms with Gasteiger partial charge < -0.3 is 4.74 Å². The number of methoxy groups -OCH3 is 1. The van der Waals surface area contributed by atoms with Crippen LogP contribution >= 0.6 is 23.2 Å². The molecule has 1 aliphatic rings. The number of aromatic nitrogens is 1. The summed E-state index contributed by atoms with van der Waals surface area (Å²) in [5.41, 5.74) is 3.20. The lowest BCUT2D eigenvalue weighted by Gasteiger charge is -2.22. The molecule has 1 atom stereocenters. The molecule has 0 N–H and O–H groups in total. The fourth-order valence-electron chi connectivity index (χ4n) is 3.52. The van der Waals surface area contributed by atoms with E-state index in [9.17, 15) is 4.79 Å². The second-order valence-electron chi connectivity index (χ2n) is 6.77. The molecule has 1 amide bonds. The van der Waals surface area contributed by atoms with Gasteiger partial charge in [0.25, 0.3) is 0 Å². The molecule has 1 aliphatic heterocycles. The highest BCUT2D eigenvalue weighted by Crippen LogP contribution is 2.38. The summed E-state index contributed by atoms with van der Waals surface area (Å²) in [5.74, 6) is 0.586. The van der Waals surface area contributed by atoms with Crippen molar-refractivity contribution in [1.29, 1.82) is 0 Å². The molecule has 5 nitrogen and oxygen atoms in total. The van der Waals surface area contributed by atoms with Crippen LogP contribution in [0.2, 0.25) is 10.2 Å². The van der Waals surface area contributed by atoms with E-state index in [1.807, 2.05) is 55.5 Å². The Kier molecular flexibility index (Phi) is 5.43. The third-order valence-electron chi connectivity index (χ3n) is 5.01. The number of halogens is 2. The van der Waals surface area contributed by atoms with Crippen molar-refractivity contribution in [3.05, 3.63) is 69.8 Å². The van der Waals surface area contributed by atoms with Crippen LogP contribution in [0.5, 0.6) is 5.75 Å². The molecule has 0 saturated heterocycles. The fourth-order valence-corrected chi connectivity index (χ4v) is 3.92. The zero-order chi connectivity index (χ0) is 20.5. The highest BCUT2D eigenvalue weighted by atomic mass is 35.5. The summed E-state index contributed by atoms with van der Waals surface area (Å²) in [6.07, 6.45) is 0.893. The highest BCUT2D eigenvalue weighted by molar-refractivity contribution is 6.31. The summed E-state index contributed by atoms with van der Waals surface area (Å²) >= 11 is 12.6. The molecule has 7 heteroatoms. The van der Waals surface area contributed by atoms with Crippen LogP contribution in [0.15, 0.2) is 53.6 Å². The number of carbonyl (C=O) groups is 1. The molecule has 0 aliphatic carbocycles. The number of amides is 1. The maximum atomic E-state index is 12.6. The summed E-state index contributed by atoms with van der Waals surface area (Å²) in [7, 11) is 1.60. The molecule has 29 heavy (non-hydrogen) atoms. The van der Waals surface area contributed by atoms with Crippen molar-refractivity contribution in [2.75, 3.05) is 7.11 Å². The molecule has 4 rings (SSSR count). The van der Waals surface area contributed by atoms with Crippen LogP contribution in [0.4, 0.5) is 0 Å². The van der Waals surface area contributed by atoms with Crippen LogP contribution < -0.4 is 4.74 Å². The summed E-state index contributed by atoms with van der Waals surface area (Å²) in [4.78, 5) is 17.2. The number of carbonyl (C=O) groups excluding carboxylic acids is 1. The Morgan fingerprint density at radius 3 is 2.66 bits per heavy atom. The molecule has 148 valence electrons. The lowest BCUT2D eigenvalue weighted by Crippen LogP contribution is -2.26. The van der Waals surface area contributed by atoms with E-state index in [-0.39, 0.29) is 11.9 Å². The first-order chi connectivity index (χ1) is 14.0. The third-order valence-corrected chi connectivity index (χ3v) is 5.57. The van der Waals surface area contributed by atoms with Gasteiger partial charge in [-0.25, -0.2) is 9.99 Å². The normalized spacial score (nSPS) is 16.2. The first-order valence-electron chi connectivity index (χ1n) is 9.30. The summed E-state index contributed by atoms with van der Waals surface area (Å²) < 4.78 is 5.39. The number of para-hydroxylation sites is 1. The van der Waals surface area contributed by atoms with Crippen molar-refractivity contribution in [1.82, 2.24) is 9.99 Å². The average Bonchev–Trinajstić information content (AvgIpc) is 3.18. The maximum absolute atomic E-state index is 12.6. The van der Waals surface area contributed by atoms with Gasteiger partial charge in [-0.3, -0.25) is 4.79 Å². The van der Waals surface area contributed by atoms with Crippen molar-refractivity contribution in [3.8, 4) is 5.75 Å². The van der Waals surface area contributed by atoms with Gasteiger partial charge >= 0.3 is 0 Å². The zero-order valence-electron chi connectivity index (χ0n) is 16.0. The Balaban J connectivity index is 1.78. The SMILES string of the molecule is CCC(=O)N1N=C(c2ccc(Cl)cc2)C[C@@H]1c1cc2cccc(OC)c2nc1Cl. The number of ether oxygens (including phenoxy) is 1. The van der Waals surface area contributed by atoms with Crippen LogP contribution in [0.3, 0.4) is 0 Å². The standard InChI is InChI=1S/C22H19Cl2N3O2/c1-3-20(28)27-18(12-17(26-27)13-7-9-15(23)10-8-13)16-11-14-5-4-6-19(29-2)21(14)25-22(16)24/h4-11,18H,3,12H2,1-2H3/t18-/m1/s1. The molecule has 0 radical (unpaired) electrons. The first-order valence-corrected chi connectivity index (χ1v) is 10.1. The van der Waals surface area contributed by atoms with Gasteiger partial charge in [-0.2, -0.15) is 5.10 Å². The monoisotopic (exact) mass is 427 g/mol. The van der Waals surface area contributed by atoms with E-state index in [2.05, 4.69) is 10.1 Å². The molecule has 1 aromatic heterocycles. The first kappa shape index (κ1) is 19.7. The lowest BCUT2D eigenvalue weighted by atomic mass is 9.98. The van der Waals surface area contributed by atoms with E-state index in [0.717, 1.165) is 22.2 Å². The second kappa shape index (κ2) is 8.01. The van der Waals surface area contributed by atoms with E-state index in [4.69, 9.17) is 27.9 Å². The molecular weight excluding hydrogens is 409 g/mol. The Morgan fingerprint density at radius 2 is 1.97 bits per heavy atom. The minimum atomic E-state index is -0.316. The minimum Gasteiger partial charge on any atom is -0.494 e. The fraction of sp³-hybridized carbons (Fsp3) is 0.227. The van der Waals surface area contributed by atoms with Gasteiger partial charge in [0, 0.05) is 28.8 Å². The smallest absolute Gasteiger partial charge is 0.242 e. The largest absolute Gasteiger partial charge is 0.494 e. The van der Waals surface area contributed by atoms with E-state index < -0.39 is 0 Å². The van der Waals surface area contributed by atoms with Crippen molar-refractivity contribution in [2.24, 2.45) is 5.10 Å². The van der Waals surface area contributed by atoms with Gasteiger partial charge in [0.2, 0.25) is 5.91 Å². The Morgan fingerprint density at radius 1 is 1.21 bits per heavy atom. The van der Waals surface area contributed by atoms with E-state index >= 15 is 0 Å². The predicted molar refractivity (Wildman–Crippen MR) is 116 cm³/mol. The molecule has 3 aromatic rings. The van der Waals surface area contributed by atoms with Crippen LogP contribution in [0.1, 0.15) is 36.9 Å². The molecule has 2 aromatic carbocycles. The molecule has 0 spiro atoms. The topological polar surface area (TPSA) is 54.8 Å². The average molecular weight is 428 g/mol. The van der Waals surface area contributed by atoms with Gasteiger partial charge in [0.15, 0.2) is 0 Å². The molecule has 0 bridgehead atoms. The number of hydrogen-bond acceptors (Lipinski definition) is 4. The quantitative estimate of drug-likeness (QED) is 0.506. The molecular formula is C22H19Cl2N3O2. The predicted octanol–water partition coefficient (Wildman–Crippen LogP) is 5.64. The Labute approximate surface area is 178 Å². The summed E-state index contributed by atoms with van der Waals surface area (Å²) in [5, 5.41) is 8.04. The maximum Gasteiger partial charge on any atom is 0.242 e. The van der Waals surface area contributed by atoms with Gasteiger partial charge in [0.05, 0.1) is 18.9 Å². The van der Waals surface area contributed by atoms with Gasteiger partial charge in [-0.15, -0.1) is 0 Å². The highest BCUT2D eigenvalue weighted by Gasteiger charge is 2.34. The summed E-state index contributed by atoms with van der Waals surface area (Å²) in [6.45, 7) is 1.82. The number of nitrogens with zero attached hydrogens (tertiary/aromatic N) is 3. The van der Waals surface area contributed by atoms with Crippen molar-refractivity contribution in [2.45, 2.75) is 25.8 Å². The van der Waals surface area contributed by atoms with Crippen LogP contribution in [-0.2, 0) is 4.79 Å². The zero-order valence-corrected chi connectivity index (χ0v) is 17.5. The van der Waals surface area contributed by atoms with Crippen molar-refractivity contribution < 1.29 is 9.53 Å². The number of fused-ring (bicyclic) bond motifs is 1. The van der Waals surface area contributed by atoms with Gasteiger partial charge in [-0.1, -0.05) is 54.4 Å². The van der Waals surface area contributed by atoms with Crippen LogP contribution in [0.25, 0.3) is 10.9 Å². The Bertz CT molecular complexity index is 1110. The van der Waals surface area contributed by atoms with Crippen LogP contribution in [-0.4, -0.2) is 28.7 Å². The van der Waals surface area contributed by atoms with Crippen molar-refractivity contribution >= 4 is 45.7 Å². The van der Waals surface area contributed by atoms with Gasteiger partial charge in [0.1, 0.15) is 16.4 Å². The van der Waals surface area contributed by atoms with E-state index in [1.165, 1.54) is 5.01 Å². The number of benzene rings is 2. The van der Waals surface area contributed by atoms with E-state index in [0.29, 0.717) is 34.3 Å². The molecule has 0 unspecified atom stereocenters. The number of hydrazone groups is 1. The van der Waals surface area contributed by atoms with Crippen LogP contribution in [0, 0.1) is 0 Å². The Hall–Kier alpha value is -2.63. The number of hydrogen-bond donors (Lipinski definition) is 0.